The van der Waals surface area contributed by atoms with Crippen molar-refractivity contribution >= 4 is 78.8 Å². The van der Waals surface area contributed by atoms with Gasteiger partial charge in [0.15, 0.2) is 22.4 Å². The lowest BCUT2D eigenvalue weighted by Crippen LogP contribution is -2.18. The van der Waals surface area contributed by atoms with Gasteiger partial charge in [0.25, 0.3) is 0 Å². The summed E-state index contributed by atoms with van der Waals surface area (Å²) in [6.45, 7) is 7.86. The van der Waals surface area contributed by atoms with Crippen molar-refractivity contribution in [2.75, 3.05) is 20.3 Å². The van der Waals surface area contributed by atoms with Gasteiger partial charge < -0.3 is 28.5 Å². The molecule has 0 radical (unpaired) electrons. The Morgan fingerprint density at radius 3 is 1.47 bits per heavy atom. The molecule has 0 bridgehead atoms. The van der Waals surface area contributed by atoms with Crippen LogP contribution in [0.3, 0.4) is 0 Å². The van der Waals surface area contributed by atoms with Gasteiger partial charge >= 0.3 is 11.9 Å². The summed E-state index contributed by atoms with van der Waals surface area (Å²) >= 11 is 12.5. The standard InChI is InChI=1S/C19H18ClNO4.C18H16ClNO4/c1-4-25-19-14(20)8-7-13-17(19)21(10-16(22)24-3)15-9-11(2)5-6-12(15)18(13)23;1-3-24-18-13(19)7-6-12-16(18)20(9-15(21)22)14-8-10(2)4-5-11(14)17(12)23/h5-9H,4,10H2,1-3H3;4-8H,3,9H2,1-2H3,(H,21,22). The molecule has 0 fully saturated rings. The molecule has 2 heterocycles. The fraction of sp³-hybridized carbons (Fsp3) is 0.243. The summed E-state index contributed by atoms with van der Waals surface area (Å²) in [5.41, 5.74) is 3.73. The molecule has 0 saturated heterocycles. The van der Waals surface area contributed by atoms with E-state index < -0.39 is 11.9 Å². The summed E-state index contributed by atoms with van der Waals surface area (Å²) in [5.74, 6) is -0.704. The predicted octanol–water partition coefficient (Wildman–Crippen LogP) is 7.29. The topological polar surface area (TPSA) is 126 Å². The lowest BCUT2D eigenvalue weighted by Gasteiger charge is -2.18. The van der Waals surface area contributed by atoms with Gasteiger partial charge in [0.05, 0.1) is 63.2 Å². The number of pyridine rings is 2. The fourth-order valence-corrected chi connectivity index (χ4v) is 6.28. The predicted molar refractivity (Wildman–Crippen MR) is 193 cm³/mol. The zero-order chi connectivity index (χ0) is 35.6. The molecular formula is C37H34Cl2N2O8. The van der Waals surface area contributed by atoms with Crippen LogP contribution in [0.25, 0.3) is 43.6 Å². The normalized spacial score (nSPS) is 11.1. The number of benzene rings is 4. The van der Waals surface area contributed by atoms with Crippen molar-refractivity contribution < 1.29 is 28.9 Å². The number of hydrogen-bond donors (Lipinski definition) is 1. The molecule has 6 rings (SSSR count). The Bertz CT molecular complexity index is 2400. The number of aliphatic carboxylic acids is 1. The summed E-state index contributed by atoms with van der Waals surface area (Å²) in [4.78, 5) is 49.2. The zero-order valence-corrected chi connectivity index (χ0v) is 29.1. The number of hydrogen-bond acceptors (Lipinski definition) is 7. The Kier molecular flexibility index (Phi) is 10.5. The molecule has 49 heavy (non-hydrogen) atoms. The number of methoxy groups -OCH3 is 1. The van der Waals surface area contributed by atoms with Crippen LogP contribution in [0.4, 0.5) is 0 Å². The van der Waals surface area contributed by atoms with Crippen molar-refractivity contribution in [2.45, 2.75) is 40.8 Å². The highest BCUT2D eigenvalue weighted by molar-refractivity contribution is 6.33. The Balaban J connectivity index is 0.000000191. The number of carboxylic acid groups (broad SMARTS) is 1. The van der Waals surface area contributed by atoms with E-state index in [0.717, 1.165) is 11.1 Å². The van der Waals surface area contributed by atoms with Crippen LogP contribution in [0.1, 0.15) is 25.0 Å². The maximum Gasteiger partial charge on any atom is 0.325 e. The highest BCUT2D eigenvalue weighted by Gasteiger charge is 2.20. The lowest BCUT2D eigenvalue weighted by molar-refractivity contribution is -0.141. The second kappa shape index (κ2) is 14.6. The summed E-state index contributed by atoms with van der Waals surface area (Å²) in [6, 6.07) is 17.4. The number of ether oxygens (including phenoxy) is 3. The van der Waals surface area contributed by atoms with Crippen LogP contribution in [0.15, 0.2) is 70.3 Å². The van der Waals surface area contributed by atoms with Gasteiger partial charge in [0, 0.05) is 10.8 Å². The van der Waals surface area contributed by atoms with E-state index in [0.29, 0.717) is 78.4 Å². The maximum absolute atomic E-state index is 12.9. The van der Waals surface area contributed by atoms with Crippen molar-refractivity contribution in [1.82, 2.24) is 9.13 Å². The number of fused-ring (bicyclic) bond motifs is 4. The molecule has 254 valence electrons. The van der Waals surface area contributed by atoms with Gasteiger partial charge in [-0.15, -0.1) is 0 Å². The number of halogens is 2. The average Bonchev–Trinajstić information content (AvgIpc) is 3.07. The lowest BCUT2D eigenvalue weighted by atomic mass is 10.1. The fourth-order valence-electron chi connectivity index (χ4n) is 5.86. The molecule has 0 atom stereocenters. The molecule has 2 aromatic heterocycles. The van der Waals surface area contributed by atoms with Crippen LogP contribution in [-0.4, -0.2) is 46.5 Å². The second-order valence-electron chi connectivity index (χ2n) is 11.3. The molecule has 0 amide bonds. The average molecular weight is 706 g/mol. The number of carbonyl (C=O) groups is 2. The van der Waals surface area contributed by atoms with Gasteiger partial charge in [-0.05, 0) is 87.4 Å². The first-order chi connectivity index (χ1) is 23.4. The molecule has 4 aromatic carbocycles. The Morgan fingerprint density at radius 2 is 1.08 bits per heavy atom. The third-order valence-electron chi connectivity index (χ3n) is 7.96. The van der Waals surface area contributed by atoms with Crippen molar-refractivity contribution in [2.24, 2.45) is 0 Å². The molecule has 10 nitrogen and oxygen atoms in total. The molecule has 12 heteroatoms. The van der Waals surface area contributed by atoms with Crippen LogP contribution in [-0.2, 0) is 27.4 Å². The van der Waals surface area contributed by atoms with E-state index in [2.05, 4.69) is 0 Å². The van der Waals surface area contributed by atoms with E-state index in [-0.39, 0.29) is 23.9 Å². The number of carboxylic acids is 1. The van der Waals surface area contributed by atoms with Crippen molar-refractivity contribution in [3.05, 3.63) is 102 Å². The van der Waals surface area contributed by atoms with Gasteiger partial charge in [-0.25, -0.2) is 0 Å². The van der Waals surface area contributed by atoms with E-state index in [4.69, 9.17) is 37.4 Å². The molecule has 0 aliphatic rings. The molecule has 0 spiro atoms. The number of carbonyl (C=O) groups excluding carboxylic acids is 1. The minimum Gasteiger partial charge on any atom is -0.490 e. The highest BCUT2D eigenvalue weighted by atomic mass is 35.5. The summed E-state index contributed by atoms with van der Waals surface area (Å²) < 4.78 is 19.5. The Morgan fingerprint density at radius 1 is 0.673 bits per heavy atom. The Labute approximate surface area is 290 Å². The van der Waals surface area contributed by atoms with Crippen LogP contribution in [0, 0.1) is 13.8 Å². The van der Waals surface area contributed by atoms with Crippen molar-refractivity contribution in [3.8, 4) is 11.5 Å². The van der Waals surface area contributed by atoms with Gasteiger partial charge in [-0.3, -0.25) is 19.2 Å². The molecule has 0 aliphatic carbocycles. The van der Waals surface area contributed by atoms with Gasteiger partial charge in [-0.1, -0.05) is 35.3 Å². The molecule has 0 aliphatic heterocycles. The van der Waals surface area contributed by atoms with E-state index >= 15 is 0 Å². The highest BCUT2D eigenvalue weighted by Crippen LogP contribution is 2.36. The molecule has 0 saturated carbocycles. The number of esters is 1. The molecule has 6 aromatic rings. The van der Waals surface area contributed by atoms with E-state index in [1.807, 2.05) is 39.0 Å². The Hall–Kier alpha value is -5.06. The second-order valence-corrected chi connectivity index (χ2v) is 12.1. The number of aromatic nitrogens is 2. The minimum absolute atomic E-state index is 0.0480. The minimum atomic E-state index is -1.01. The van der Waals surface area contributed by atoms with E-state index in [1.54, 1.807) is 58.5 Å². The largest absolute Gasteiger partial charge is 0.490 e. The van der Waals surface area contributed by atoms with E-state index in [1.165, 1.54) is 7.11 Å². The van der Waals surface area contributed by atoms with Crippen LogP contribution in [0.2, 0.25) is 10.0 Å². The molecule has 0 unspecified atom stereocenters. The summed E-state index contributed by atoms with van der Waals surface area (Å²) in [6.07, 6.45) is 0. The van der Waals surface area contributed by atoms with Gasteiger partial charge in [-0.2, -0.15) is 0 Å². The number of rotatable bonds is 8. The smallest absolute Gasteiger partial charge is 0.325 e. The summed E-state index contributed by atoms with van der Waals surface area (Å²) in [5, 5.41) is 11.9. The van der Waals surface area contributed by atoms with Crippen LogP contribution in [0.5, 0.6) is 11.5 Å². The third-order valence-corrected chi connectivity index (χ3v) is 8.55. The van der Waals surface area contributed by atoms with Crippen LogP contribution >= 0.6 is 23.2 Å². The maximum atomic E-state index is 12.9. The quantitative estimate of drug-likeness (QED) is 0.129. The van der Waals surface area contributed by atoms with Crippen molar-refractivity contribution in [1.29, 1.82) is 0 Å². The van der Waals surface area contributed by atoms with E-state index in [9.17, 15) is 24.3 Å². The first-order valence-electron chi connectivity index (χ1n) is 15.5. The van der Waals surface area contributed by atoms with Crippen LogP contribution < -0.4 is 20.3 Å². The van der Waals surface area contributed by atoms with Crippen molar-refractivity contribution in [3.63, 3.8) is 0 Å². The summed E-state index contributed by atoms with van der Waals surface area (Å²) in [7, 11) is 1.33. The third kappa shape index (κ3) is 6.79. The number of nitrogens with zero attached hydrogens (tertiary/aromatic N) is 2. The molecule has 1 N–H and O–H groups in total. The van der Waals surface area contributed by atoms with Gasteiger partial charge in [0.1, 0.15) is 13.1 Å². The zero-order valence-electron chi connectivity index (χ0n) is 27.6. The first kappa shape index (κ1) is 35.3. The SMILES string of the molecule is CCOc1c(Cl)ccc2c(=O)c3ccc(C)cc3n(CC(=O)O)c12.CCOc1c(Cl)ccc2c(=O)c3ccc(C)cc3n(CC(=O)OC)c12. The monoisotopic (exact) mass is 704 g/mol. The first-order valence-corrected chi connectivity index (χ1v) is 16.2. The van der Waals surface area contributed by atoms with Gasteiger partial charge in [0.2, 0.25) is 0 Å². The number of aryl methyl sites for hydroxylation is 2. The molecular weight excluding hydrogens is 671 g/mol.